The van der Waals surface area contributed by atoms with Gasteiger partial charge in [0.15, 0.2) is 11.5 Å². The van der Waals surface area contributed by atoms with E-state index in [0.717, 1.165) is 42.1 Å². The minimum atomic E-state index is 0.0970. The third-order valence-electron chi connectivity index (χ3n) is 3.61. The number of hydrogen-bond donors (Lipinski definition) is 1. The summed E-state index contributed by atoms with van der Waals surface area (Å²) in [6.45, 7) is 0. The van der Waals surface area contributed by atoms with Crippen molar-refractivity contribution in [2.75, 3.05) is 14.2 Å². The number of methoxy groups -OCH3 is 2. The summed E-state index contributed by atoms with van der Waals surface area (Å²) in [6.07, 6.45) is 6.37. The molecule has 114 valence electrons. The van der Waals surface area contributed by atoms with Crippen LogP contribution < -0.4 is 15.2 Å². The number of nitrogens with two attached hydrogens (primary N) is 1. The fraction of sp³-hybridized carbons (Fsp3) is 0.438. The maximum Gasteiger partial charge on any atom is 0.160 e. The summed E-state index contributed by atoms with van der Waals surface area (Å²) in [6, 6.07) is 6.03. The average Bonchev–Trinajstić information content (AvgIpc) is 2.90. The number of aromatic nitrogens is 2. The Bertz CT molecular complexity index is 581. The van der Waals surface area contributed by atoms with E-state index in [9.17, 15) is 0 Å². The van der Waals surface area contributed by atoms with Gasteiger partial charge in [-0.2, -0.15) is 0 Å². The van der Waals surface area contributed by atoms with Crippen LogP contribution in [-0.2, 0) is 19.9 Å². The van der Waals surface area contributed by atoms with E-state index >= 15 is 0 Å². The van der Waals surface area contributed by atoms with Crippen molar-refractivity contribution < 1.29 is 9.47 Å². The normalized spacial score (nSPS) is 12.2. The van der Waals surface area contributed by atoms with Crippen LogP contribution in [0.4, 0.5) is 0 Å². The summed E-state index contributed by atoms with van der Waals surface area (Å²) in [7, 11) is 5.28. The van der Waals surface area contributed by atoms with Crippen molar-refractivity contribution >= 4 is 0 Å². The molecule has 0 amide bonds. The highest BCUT2D eigenvalue weighted by atomic mass is 16.5. The van der Waals surface area contributed by atoms with Crippen LogP contribution in [0.15, 0.2) is 30.6 Å². The van der Waals surface area contributed by atoms with Crippen molar-refractivity contribution in [3.8, 4) is 11.5 Å². The molecule has 21 heavy (non-hydrogen) atoms. The maximum atomic E-state index is 6.23. The van der Waals surface area contributed by atoms with Gasteiger partial charge in [0.2, 0.25) is 0 Å². The molecule has 2 aromatic rings. The molecule has 0 saturated carbocycles. The minimum absolute atomic E-state index is 0.0970. The van der Waals surface area contributed by atoms with Crippen LogP contribution in [0.2, 0.25) is 0 Å². The molecule has 5 nitrogen and oxygen atoms in total. The van der Waals surface area contributed by atoms with Crippen molar-refractivity contribution in [2.24, 2.45) is 12.8 Å². The summed E-state index contributed by atoms with van der Waals surface area (Å²) >= 11 is 0. The van der Waals surface area contributed by atoms with Gasteiger partial charge in [-0.15, -0.1) is 0 Å². The van der Waals surface area contributed by atoms with E-state index in [4.69, 9.17) is 15.2 Å². The Labute approximate surface area is 125 Å². The Morgan fingerprint density at radius 3 is 2.62 bits per heavy atom. The predicted molar refractivity (Wildman–Crippen MR) is 82.8 cm³/mol. The van der Waals surface area contributed by atoms with Crippen LogP contribution in [0.25, 0.3) is 0 Å². The molecular formula is C16H23N3O2. The van der Waals surface area contributed by atoms with Gasteiger partial charge >= 0.3 is 0 Å². The van der Waals surface area contributed by atoms with Gasteiger partial charge in [-0.25, -0.2) is 4.98 Å². The summed E-state index contributed by atoms with van der Waals surface area (Å²) in [5.74, 6) is 2.55. The standard InChI is InChI=1S/C16H23N3O2/c1-19-9-8-18-16(19)7-5-13(17)10-12-4-6-14(20-2)15(11-12)21-3/h4,6,8-9,11,13H,5,7,10,17H2,1-3H3. The second-order valence-electron chi connectivity index (χ2n) is 5.15. The largest absolute Gasteiger partial charge is 0.493 e. The van der Waals surface area contributed by atoms with Crippen molar-refractivity contribution in [3.05, 3.63) is 42.0 Å². The summed E-state index contributed by atoms with van der Waals surface area (Å²) in [4.78, 5) is 4.32. The van der Waals surface area contributed by atoms with E-state index in [1.807, 2.05) is 42.2 Å². The molecule has 0 aliphatic rings. The smallest absolute Gasteiger partial charge is 0.160 e. The second-order valence-corrected chi connectivity index (χ2v) is 5.15. The molecule has 0 aliphatic carbocycles. The monoisotopic (exact) mass is 289 g/mol. The summed E-state index contributed by atoms with van der Waals surface area (Å²) in [5, 5.41) is 0. The number of aryl methyl sites for hydroxylation is 2. The molecule has 0 fully saturated rings. The molecule has 0 radical (unpaired) electrons. The van der Waals surface area contributed by atoms with Crippen molar-refractivity contribution in [1.82, 2.24) is 9.55 Å². The molecule has 0 bridgehead atoms. The lowest BCUT2D eigenvalue weighted by molar-refractivity contribution is 0.354. The van der Waals surface area contributed by atoms with Gasteiger partial charge < -0.3 is 19.8 Å². The highest BCUT2D eigenvalue weighted by molar-refractivity contribution is 5.43. The number of nitrogens with zero attached hydrogens (tertiary/aromatic N) is 2. The fourth-order valence-electron chi connectivity index (χ4n) is 2.36. The zero-order chi connectivity index (χ0) is 15.2. The summed E-state index contributed by atoms with van der Waals surface area (Å²) < 4.78 is 12.6. The van der Waals surface area contributed by atoms with Crippen LogP contribution >= 0.6 is 0 Å². The zero-order valence-electron chi connectivity index (χ0n) is 12.9. The molecule has 1 atom stereocenters. The van der Waals surface area contributed by atoms with Gasteiger partial charge in [-0.3, -0.25) is 0 Å². The van der Waals surface area contributed by atoms with Crippen molar-refractivity contribution in [2.45, 2.75) is 25.3 Å². The number of ether oxygens (including phenoxy) is 2. The maximum absolute atomic E-state index is 6.23. The Morgan fingerprint density at radius 2 is 2.00 bits per heavy atom. The molecule has 1 heterocycles. The highest BCUT2D eigenvalue weighted by Gasteiger charge is 2.10. The van der Waals surface area contributed by atoms with E-state index in [0.29, 0.717) is 0 Å². The molecule has 2 N–H and O–H groups in total. The van der Waals surface area contributed by atoms with E-state index in [1.54, 1.807) is 14.2 Å². The van der Waals surface area contributed by atoms with Crippen LogP contribution in [0.3, 0.4) is 0 Å². The van der Waals surface area contributed by atoms with Crippen LogP contribution in [0, 0.1) is 0 Å². The molecule has 1 unspecified atom stereocenters. The van der Waals surface area contributed by atoms with E-state index < -0.39 is 0 Å². The molecule has 0 aliphatic heterocycles. The lowest BCUT2D eigenvalue weighted by Crippen LogP contribution is -2.24. The van der Waals surface area contributed by atoms with E-state index in [1.165, 1.54) is 0 Å². The third kappa shape index (κ3) is 3.98. The predicted octanol–water partition coefficient (Wildman–Crippen LogP) is 1.94. The fourth-order valence-corrected chi connectivity index (χ4v) is 2.36. The van der Waals surface area contributed by atoms with Gasteiger partial charge in [0, 0.05) is 31.9 Å². The molecule has 2 rings (SSSR count). The zero-order valence-corrected chi connectivity index (χ0v) is 12.9. The molecule has 0 spiro atoms. The van der Waals surface area contributed by atoms with Gasteiger partial charge in [0.1, 0.15) is 5.82 Å². The molecule has 0 saturated heterocycles. The summed E-state index contributed by atoms with van der Waals surface area (Å²) in [5.41, 5.74) is 7.38. The molecule has 5 heteroatoms. The van der Waals surface area contributed by atoms with Gasteiger partial charge in [-0.1, -0.05) is 6.07 Å². The molecule has 1 aromatic carbocycles. The van der Waals surface area contributed by atoms with Gasteiger partial charge in [0.25, 0.3) is 0 Å². The Morgan fingerprint density at radius 1 is 1.24 bits per heavy atom. The Balaban J connectivity index is 1.93. The van der Waals surface area contributed by atoms with Crippen LogP contribution in [0.5, 0.6) is 11.5 Å². The molecular weight excluding hydrogens is 266 g/mol. The van der Waals surface area contributed by atoms with Crippen LogP contribution in [-0.4, -0.2) is 29.8 Å². The van der Waals surface area contributed by atoms with E-state index in [-0.39, 0.29) is 6.04 Å². The lowest BCUT2D eigenvalue weighted by atomic mass is 10.0. The SMILES string of the molecule is COc1ccc(CC(N)CCc2nccn2C)cc1OC. The Kier molecular flexibility index (Phi) is 5.22. The first-order valence-electron chi connectivity index (χ1n) is 7.06. The van der Waals surface area contributed by atoms with Gasteiger partial charge in [-0.05, 0) is 30.5 Å². The minimum Gasteiger partial charge on any atom is -0.493 e. The van der Waals surface area contributed by atoms with Crippen molar-refractivity contribution in [1.29, 1.82) is 0 Å². The Hall–Kier alpha value is -2.01. The van der Waals surface area contributed by atoms with E-state index in [2.05, 4.69) is 4.98 Å². The average molecular weight is 289 g/mol. The van der Waals surface area contributed by atoms with Crippen LogP contribution in [0.1, 0.15) is 17.8 Å². The first-order chi connectivity index (χ1) is 10.1. The van der Waals surface area contributed by atoms with Gasteiger partial charge in [0.05, 0.1) is 14.2 Å². The lowest BCUT2D eigenvalue weighted by Gasteiger charge is -2.14. The first-order valence-corrected chi connectivity index (χ1v) is 7.06. The topological polar surface area (TPSA) is 62.3 Å². The first kappa shape index (κ1) is 15.4. The number of hydrogen-bond acceptors (Lipinski definition) is 4. The number of imidazole rings is 1. The number of rotatable bonds is 7. The highest BCUT2D eigenvalue weighted by Crippen LogP contribution is 2.28. The second kappa shape index (κ2) is 7.13. The number of benzene rings is 1. The van der Waals surface area contributed by atoms with Crippen molar-refractivity contribution in [3.63, 3.8) is 0 Å². The third-order valence-corrected chi connectivity index (χ3v) is 3.61. The quantitative estimate of drug-likeness (QED) is 0.846. The molecule has 1 aromatic heterocycles.